The van der Waals surface area contributed by atoms with Crippen molar-refractivity contribution in [2.45, 2.75) is 25.9 Å². The van der Waals surface area contributed by atoms with Crippen LogP contribution in [0, 0.1) is 0 Å². The molecule has 4 heteroatoms. The predicted octanol–water partition coefficient (Wildman–Crippen LogP) is 1.43. The number of nitrogens with two attached hydrogens (primary N) is 1. The minimum absolute atomic E-state index is 0.0283. The van der Waals surface area contributed by atoms with Gasteiger partial charge in [-0.2, -0.15) is 0 Å². The van der Waals surface area contributed by atoms with E-state index in [4.69, 9.17) is 15.6 Å². The summed E-state index contributed by atoms with van der Waals surface area (Å²) < 4.78 is 5.64. The first kappa shape index (κ1) is 12.5. The maximum Gasteiger partial charge on any atom is 0.307 e. The first-order valence-corrected chi connectivity index (χ1v) is 5.13. The van der Waals surface area contributed by atoms with E-state index in [-0.39, 0.29) is 6.42 Å². The molecule has 0 atom stereocenters. The molecule has 0 fully saturated rings. The normalized spacial score (nSPS) is 11.2. The largest absolute Gasteiger partial charge is 0.487 e. The zero-order valence-corrected chi connectivity index (χ0v) is 9.56. The number of aliphatic carboxylic acids is 1. The van der Waals surface area contributed by atoms with Gasteiger partial charge in [0.15, 0.2) is 0 Å². The summed E-state index contributed by atoms with van der Waals surface area (Å²) in [4.78, 5) is 10.5. The molecule has 0 radical (unpaired) electrons. The van der Waals surface area contributed by atoms with Crippen molar-refractivity contribution < 1.29 is 14.6 Å². The predicted molar refractivity (Wildman–Crippen MR) is 61.5 cm³/mol. The zero-order valence-electron chi connectivity index (χ0n) is 9.56. The molecule has 0 spiro atoms. The van der Waals surface area contributed by atoms with Crippen molar-refractivity contribution in [2.75, 3.05) is 6.54 Å². The van der Waals surface area contributed by atoms with Crippen molar-refractivity contribution in [2.24, 2.45) is 5.73 Å². The summed E-state index contributed by atoms with van der Waals surface area (Å²) >= 11 is 0. The summed E-state index contributed by atoms with van der Waals surface area (Å²) in [6.45, 7) is 4.22. The molecule has 1 aromatic carbocycles. The van der Waals surface area contributed by atoms with Crippen molar-refractivity contribution in [3.63, 3.8) is 0 Å². The molecule has 0 aliphatic heterocycles. The molecule has 16 heavy (non-hydrogen) atoms. The van der Waals surface area contributed by atoms with Crippen LogP contribution in [0.5, 0.6) is 5.75 Å². The molecule has 0 amide bonds. The van der Waals surface area contributed by atoms with Gasteiger partial charge in [-0.25, -0.2) is 0 Å². The average Bonchev–Trinajstić information content (AvgIpc) is 2.20. The van der Waals surface area contributed by atoms with Crippen LogP contribution in [0.1, 0.15) is 19.4 Å². The SMILES string of the molecule is CC(C)(CN)Oc1ccc(CC(=O)O)cc1. The Bertz CT molecular complexity index is 357. The second kappa shape index (κ2) is 4.99. The fourth-order valence-electron chi connectivity index (χ4n) is 1.21. The fourth-order valence-corrected chi connectivity index (χ4v) is 1.21. The molecule has 0 aliphatic rings. The first-order valence-electron chi connectivity index (χ1n) is 5.13. The third-order valence-electron chi connectivity index (χ3n) is 2.16. The molecule has 0 saturated heterocycles. The molecule has 0 bridgehead atoms. The Balaban J connectivity index is 2.68. The lowest BCUT2D eigenvalue weighted by molar-refractivity contribution is -0.136. The number of ether oxygens (including phenoxy) is 1. The van der Waals surface area contributed by atoms with E-state index in [1.807, 2.05) is 13.8 Å². The quantitative estimate of drug-likeness (QED) is 0.792. The number of carbonyl (C=O) groups is 1. The second-order valence-corrected chi connectivity index (χ2v) is 4.28. The fraction of sp³-hybridized carbons (Fsp3) is 0.417. The Morgan fingerprint density at radius 3 is 2.38 bits per heavy atom. The average molecular weight is 223 g/mol. The van der Waals surface area contributed by atoms with Crippen LogP contribution >= 0.6 is 0 Å². The van der Waals surface area contributed by atoms with E-state index in [0.29, 0.717) is 12.3 Å². The third kappa shape index (κ3) is 3.90. The van der Waals surface area contributed by atoms with Gasteiger partial charge in [0.1, 0.15) is 11.4 Å². The lowest BCUT2D eigenvalue weighted by Gasteiger charge is -2.24. The molecule has 0 heterocycles. The summed E-state index contributed by atoms with van der Waals surface area (Å²) in [6.07, 6.45) is 0.0283. The van der Waals surface area contributed by atoms with E-state index in [1.165, 1.54) is 0 Å². The minimum Gasteiger partial charge on any atom is -0.487 e. The first-order chi connectivity index (χ1) is 7.43. The van der Waals surface area contributed by atoms with Gasteiger partial charge in [-0.3, -0.25) is 4.79 Å². The standard InChI is InChI=1S/C12H17NO3/c1-12(2,8-13)16-10-5-3-9(4-6-10)7-11(14)15/h3-6H,7-8,13H2,1-2H3,(H,14,15). The van der Waals surface area contributed by atoms with Gasteiger partial charge in [0, 0.05) is 6.54 Å². The molecule has 1 rings (SSSR count). The Labute approximate surface area is 95.0 Å². The summed E-state index contributed by atoms with van der Waals surface area (Å²) in [5.41, 5.74) is 5.89. The summed E-state index contributed by atoms with van der Waals surface area (Å²) in [6, 6.07) is 7.01. The van der Waals surface area contributed by atoms with Crippen LogP contribution in [0.2, 0.25) is 0 Å². The molecular formula is C12H17NO3. The smallest absolute Gasteiger partial charge is 0.307 e. The van der Waals surface area contributed by atoms with Crippen LogP contribution in [0.4, 0.5) is 0 Å². The number of benzene rings is 1. The molecule has 1 aromatic rings. The number of rotatable bonds is 5. The Kier molecular flexibility index (Phi) is 3.90. The number of hydrogen-bond donors (Lipinski definition) is 2. The molecule has 4 nitrogen and oxygen atoms in total. The van der Waals surface area contributed by atoms with Gasteiger partial charge in [-0.15, -0.1) is 0 Å². The highest BCUT2D eigenvalue weighted by molar-refractivity contribution is 5.70. The van der Waals surface area contributed by atoms with E-state index in [2.05, 4.69) is 0 Å². The Morgan fingerprint density at radius 2 is 1.94 bits per heavy atom. The summed E-state index contributed by atoms with van der Waals surface area (Å²) in [7, 11) is 0. The van der Waals surface area contributed by atoms with Crippen LogP contribution in [0.25, 0.3) is 0 Å². The highest BCUT2D eigenvalue weighted by Crippen LogP contribution is 2.18. The van der Waals surface area contributed by atoms with Gasteiger partial charge in [0.2, 0.25) is 0 Å². The third-order valence-corrected chi connectivity index (χ3v) is 2.16. The van der Waals surface area contributed by atoms with E-state index >= 15 is 0 Å². The van der Waals surface area contributed by atoms with Crippen molar-refractivity contribution in [3.8, 4) is 5.75 Å². The lowest BCUT2D eigenvalue weighted by atomic mass is 10.1. The summed E-state index contributed by atoms with van der Waals surface area (Å²) in [5, 5.41) is 8.61. The molecule has 0 aromatic heterocycles. The lowest BCUT2D eigenvalue weighted by Crippen LogP contribution is -2.37. The van der Waals surface area contributed by atoms with Crippen molar-refractivity contribution in [1.29, 1.82) is 0 Å². The molecule has 0 aliphatic carbocycles. The number of carboxylic acids is 1. The van der Waals surface area contributed by atoms with Crippen molar-refractivity contribution in [1.82, 2.24) is 0 Å². The van der Waals surface area contributed by atoms with E-state index in [0.717, 1.165) is 5.56 Å². The maximum absolute atomic E-state index is 10.5. The minimum atomic E-state index is -0.837. The van der Waals surface area contributed by atoms with Crippen molar-refractivity contribution >= 4 is 5.97 Å². The van der Waals surface area contributed by atoms with E-state index in [1.54, 1.807) is 24.3 Å². The van der Waals surface area contributed by atoms with Gasteiger partial charge in [-0.1, -0.05) is 12.1 Å². The second-order valence-electron chi connectivity index (χ2n) is 4.28. The molecule has 3 N–H and O–H groups in total. The van der Waals surface area contributed by atoms with Crippen molar-refractivity contribution in [3.05, 3.63) is 29.8 Å². The van der Waals surface area contributed by atoms with Crippen LogP contribution in [-0.4, -0.2) is 23.2 Å². The highest BCUT2D eigenvalue weighted by atomic mass is 16.5. The Morgan fingerprint density at radius 1 is 1.38 bits per heavy atom. The molecular weight excluding hydrogens is 206 g/mol. The molecule has 0 saturated carbocycles. The van der Waals surface area contributed by atoms with Gasteiger partial charge in [0.25, 0.3) is 0 Å². The van der Waals surface area contributed by atoms with Gasteiger partial charge in [-0.05, 0) is 31.5 Å². The van der Waals surface area contributed by atoms with Crippen LogP contribution in [0.3, 0.4) is 0 Å². The maximum atomic E-state index is 10.5. The topological polar surface area (TPSA) is 72.5 Å². The van der Waals surface area contributed by atoms with E-state index < -0.39 is 11.6 Å². The number of carboxylic acid groups (broad SMARTS) is 1. The van der Waals surface area contributed by atoms with Gasteiger partial charge < -0.3 is 15.6 Å². The monoisotopic (exact) mass is 223 g/mol. The zero-order chi connectivity index (χ0) is 12.2. The molecule has 0 unspecified atom stereocenters. The van der Waals surface area contributed by atoms with Crippen LogP contribution in [0.15, 0.2) is 24.3 Å². The van der Waals surface area contributed by atoms with Gasteiger partial charge in [0.05, 0.1) is 6.42 Å². The number of hydrogen-bond acceptors (Lipinski definition) is 3. The Hall–Kier alpha value is -1.55. The van der Waals surface area contributed by atoms with Crippen LogP contribution in [-0.2, 0) is 11.2 Å². The highest BCUT2D eigenvalue weighted by Gasteiger charge is 2.16. The summed E-state index contributed by atoms with van der Waals surface area (Å²) in [5.74, 6) is -0.138. The molecule has 88 valence electrons. The van der Waals surface area contributed by atoms with Crippen LogP contribution < -0.4 is 10.5 Å². The van der Waals surface area contributed by atoms with Gasteiger partial charge >= 0.3 is 5.97 Å². The van der Waals surface area contributed by atoms with E-state index in [9.17, 15) is 4.79 Å².